The monoisotopic (exact) mass is 305 g/mol. The van der Waals surface area contributed by atoms with Gasteiger partial charge in [0.15, 0.2) is 0 Å². The summed E-state index contributed by atoms with van der Waals surface area (Å²) < 4.78 is 1.70. The van der Waals surface area contributed by atoms with Crippen molar-refractivity contribution in [1.82, 2.24) is 15.1 Å². The van der Waals surface area contributed by atoms with Gasteiger partial charge in [0, 0.05) is 31.4 Å². The Morgan fingerprint density at radius 1 is 1.52 bits per heavy atom. The highest BCUT2D eigenvalue weighted by atomic mass is 32.1. The standard InChI is InChI=1S/C14H15N3O3S/c1-9-11(8-17(2)16-9)7-15-14(20)13-10(5-6-21-13)3-4-12(18)19/h3-6,8H,7H2,1-2H3,(H,15,20)(H,18,19)/b4-3+. The number of rotatable bonds is 5. The highest BCUT2D eigenvalue weighted by molar-refractivity contribution is 7.12. The van der Waals surface area contributed by atoms with Crippen LogP contribution in [0.4, 0.5) is 0 Å². The van der Waals surface area contributed by atoms with Crippen LogP contribution in [-0.4, -0.2) is 26.8 Å². The lowest BCUT2D eigenvalue weighted by molar-refractivity contribution is -0.131. The normalized spacial score (nSPS) is 11.0. The summed E-state index contributed by atoms with van der Waals surface area (Å²) in [5.74, 6) is -1.27. The van der Waals surface area contributed by atoms with Crippen LogP contribution < -0.4 is 5.32 Å². The minimum absolute atomic E-state index is 0.224. The zero-order chi connectivity index (χ0) is 15.4. The molecule has 2 aromatic rings. The first-order chi connectivity index (χ1) is 9.97. The summed E-state index contributed by atoms with van der Waals surface area (Å²) >= 11 is 1.28. The highest BCUT2D eigenvalue weighted by Crippen LogP contribution is 2.18. The van der Waals surface area contributed by atoms with Crippen molar-refractivity contribution < 1.29 is 14.7 Å². The summed E-state index contributed by atoms with van der Waals surface area (Å²) in [5.41, 5.74) is 2.42. The number of hydrogen-bond donors (Lipinski definition) is 2. The van der Waals surface area contributed by atoms with Gasteiger partial charge in [-0.3, -0.25) is 9.48 Å². The van der Waals surface area contributed by atoms with Crippen molar-refractivity contribution in [2.45, 2.75) is 13.5 Å². The molecule has 0 unspecified atom stereocenters. The number of carboxylic acid groups (broad SMARTS) is 1. The van der Waals surface area contributed by atoms with Gasteiger partial charge in [0.25, 0.3) is 5.91 Å². The number of thiophene rings is 1. The van der Waals surface area contributed by atoms with E-state index in [4.69, 9.17) is 5.11 Å². The van der Waals surface area contributed by atoms with E-state index in [0.717, 1.165) is 17.3 Å². The van der Waals surface area contributed by atoms with Gasteiger partial charge in [-0.25, -0.2) is 4.79 Å². The Kier molecular flexibility index (Phi) is 4.54. The number of aromatic nitrogens is 2. The van der Waals surface area contributed by atoms with Crippen LogP contribution in [-0.2, 0) is 18.4 Å². The van der Waals surface area contributed by atoms with Crippen molar-refractivity contribution in [3.8, 4) is 0 Å². The van der Waals surface area contributed by atoms with Gasteiger partial charge < -0.3 is 10.4 Å². The number of nitrogens with one attached hydrogen (secondary N) is 1. The molecule has 110 valence electrons. The van der Waals surface area contributed by atoms with Crippen molar-refractivity contribution in [2.24, 2.45) is 7.05 Å². The molecule has 0 spiro atoms. The third-order valence-electron chi connectivity index (χ3n) is 2.86. The van der Waals surface area contributed by atoms with Crippen LogP contribution in [0, 0.1) is 6.92 Å². The fourth-order valence-corrected chi connectivity index (χ4v) is 2.68. The lowest BCUT2D eigenvalue weighted by atomic mass is 10.2. The Hall–Kier alpha value is -2.41. The van der Waals surface area contributed by atoms with E-state index in [1.54, 1.807) is 16.1 Å². The van der Waals surface area contributed by atoms with E-state index in [1.807, 2.05) is 20.2 Å². The molecule has 0 fully saturated rings. The van der Waals surface area contributed by atoms with Crippen molar-refractivity contribution >= 4 is 29.3 Å². The van der Waals surface area contributed by atoms with Crippen LogP contribution >= 0.6 is 11.3 Å². The van der Waals surface area contributed by atoms with Crippen LogP contribution in [0.15, 0.2) is 23.7 Å². The van der Waals surface area contributed by atoms with E-state index < -0.39 is 5.97 Å². The van der Waals surface area contributed by atoms with E-state index >= 15 is 0 Å². The fourth-order valence-electron chi connectivity index (χ4n) is 1.87. The molecule has 0 bridgehead atoms. The van der Waals surface area contributed by atoms with Gasteiger partial charge in [0.2, 0.25) is 0 Å². The average molecular weight is 305 g/mol. The molecule has 2 heterocycles. The Labute approximate surface area is 125 Å². The third-order valence-corrected chi connectivity index (χ3v) is 3.79. The van der Waals surface area contributed by atoms with Crippen molar-refractivity contribution in [2.75, 3.05) is 0 Å². The molecule has 0 aromatic carbocycles. The second-order valence-electron chi connectivity index (χ2n) is 4.47. The summed E-state index contributed by atoms with van der Waals surface area (Å²) in [6.45, 7) is 2.27. The maximum atomic E-state index is 12.2. The van der Waals surface area contributed by atoms with Crippen molar-refractivity contribution in [3.05, 3.63) is 45.4 Å². The molecule has 0 radical (unpaired) electrons. The lowest BCUT2D eigenvalue weighted by Gasteiger charge is -2.03. The maximum Gasteiger partial charge on any atom is 0.328 e. The molecule has 6 nitrogen and oxygen atoms in total. The first kappa shape index (κ1) is 15.0. The molecule has 2 aromatic heterocycles. The van der Waals surface area contributed by atoms with Gasteiger partial charge in [-0.15, -0.1) is 11.3 Å². The van der Waals surface area contributed by atoms with E-state index in [1.165, 1.54) is 17.4 Å². The summed E-state index contributed by atoms with van der Waals surface area (Å²) in [6.07, 6.45) is 4.29. The molecule has 2 N–H and O–H groups in total. The summed E-state index contributed by atoms with van der Waals surface area (Å²) in [6, 6.07) is 1.72. The summed E-state index contributed by atoms with van der Waals surface area (Å²) in [7, 11) is 1.83. The number of hydrogen-bond acceptors (Lipinski definition) is 4. The van der Waals surface area contributed by atoms with Crippen molar-refractivity contribution in [3.63, 3.8) is 0 Å². The topological polar surface area (TPSA) is 84.2 Å². The Morgan fingerprint density at radius 3 is 2.90 bits per heavy atom. The molecule has 2 rings (SSSR count). The van der Waals surface area contributed by atoms with Gasteiger partial charge in [-0.05, 0) is 30.0 Å². The Bertz CT molecular complexity index is 700. The molecular weight excluding hydrogens is 290 g/mol. The number of carbonyl (C=O) groups is 2. The van der Waals surface area contributed by atoms with Gasteiger partial charge in [0.05, 0.1) is 10.6 Å². The molecule has 7 heteroatoms. The van der Waals surface area contributed by atoms with E-state index in [0.29, 0.717) is 17.0 Å². The smallest absolute Gasteiger partial charge is 0.328 e. The van der Waals surface area contributed by atoms with Gasteiger partial charge in [0.1, 0.15) is 0 Å². The quantitative estimate of drug-likeness (QED) is 0.825. The number of aliphatic carboxylic acids is 1. The van der Waals surface area contributed by atoms with Gasteiger partial charge in [-0.2, -0.15) is 5.10 Å². The molecule has 21 heavy (non-hydrogen) atoms. The van der Waals surface area contributed by atoms with Crippen LogP contribution in [0.5, 0.6) is 0 Å². The Morgan fingerprint density at radius 2 is 2.29 bits per heavy atom. The Balaban J connectivity index is 2.06. The highest BCUT2D eigenvalue weighted by Gasteiger charge is 2.12. The van der Waals surface area contributed by atoms with Crippen LogP contribution in [0.25, 0.3) is 6.08 Å². The molecule has 0 saturated carbocycles. The molecule has 0 aliphatic rings. The number of carboxylic acids is 1. The summed E-state index contributed by atoms with van der Waals surface area (Å²) in [5, 5.41) is 17.4. The lowest BCUT2D eigenvalue weighted by Crippen LogP contribution is -2.22. The van der Waals surface area contributed by atoms with Crippen LogP contribution in [0.1, 0.15) is 26.5 Å². The molecule has 0 aliphatic carbocycles. The van der Waals surface area contributed by atoms with E-state index in [2.05, 4.69) is 10.4 Å². The first-order valence-electron chi connectivity index (χ1n) is 6.23. The first-order valence-corrected chi connectivity index (χ1v) is 7.11. The molecule has 0 aliphatic heterocycles. The molecule has 0 atom stereocenters. The minimum atomic E-state index is -1.04. The number of carbonyl (C=O) groups excluding carboxylic acids is 1. The second-order valence-corrected chi connectivity index (χ2v) is 5.39. The number of aryl methyl sites for hydroxylation is 2. The zero-order valence-electron chi connectivity index (χ0n) is 11.7. The molecular formula is C14H15N3O3S. The van der Waals surface area contributed by atoms with Crippen LogP contribution in [0.3, 0.4) is 0 Å². The van der Waals surface area contributed by atoms with E-state index in [9.17, 15) is 9.59 Å². The summed E-state index contributed by atoms with van der Waals surface area (Å²) in [4.78, 5) is 23.2. The number of amides is 1. The third kappa shape index (κ3) is 3.79. The maximum absolute atomic E-state index is 12.2. The van der Waals surface area contributed by atoms with Gasteiger partial charge in [-0.1, -0.05) is 0 Å². The predicted molar refractivity (Wildman–Crippen MR) is 80.1 cm³/mol. The molecule has 0 saturated heterocycles. The van der Waals surface area contributed by atoms with E-state index in [-0.39, 0.29) is 5.91 Å². The number of nitrogens with zero attached hydrogens (tertiary/aromatic N) is 2. The zero-order valence-corrected chi connectivity index (χ0v) is 12.5. The fraction of sp³-hybridized carbons (Fsp3) is 0.214. The second kappa shape index (κ2) is 6.36. The van der Waals surface area contributed by atoms with Crippen LogP contribution in [0.2, 0.25) is 0 Å². The average Bonchev–Trinajstić information content (AvgIpc) is 3.00. The SMILES string of the molecule is Cc1nn(C)cc1CNC(=O)c1sccc1/C=C/C(=O)O. The van der Waals surface area contributed by atoms with Crippen molar-refractivity contribution in [1.29, 1.82) is 0 Å². The minimum Gasteiger partial charge on any atom is -0.478 e. The predicted octanol–water partition coefficient (Wildman–Crippen LogP) is 1.82. The largest absolute Gasteiger partial charge is 0.478 e. The van der Waals surface area contributed by atoms with Gasteiger partial charge >= 0.3 is 5.97 Å². The molecule has 1 amide bonds.